The Bertz CT molecular complexity index is 1340. The Morgan fingerprint density at radius 3 is 2.23 bits per heavy atom. The zero-order valence-corrected chi connectivity index (χ0v) is 26.1. The van der Waals surface area contributed by atoms with Crippen molar-refractivity contribution in [3.05, 3.63) is 106 Å². The number of carbonyl (C=O) groups excluding carboxylic acids is 2. The van der Waals surface area contributed by atoms with E-state index >= 15 is 0 Å². The number of fused-ring (bicyclic) bond motifs is 1. The first kappa shape index (κ1) is 31.2. The molecule has 3 atom stereocenters. The van der Waals surface area contributed by atoms with Gasteiger partial charge < -0.3 is 20.4 Å². The number of piperazine rings is 1. The lowest BCUT2D eigenvalue weighted by Gasteiger charge is -2.42. The highest BCUT2D eigenvalue weighted by Gasteiger charge is 2.33. The summed E-state index contributed by atoms with van der Waals surface area (Å²) >= 11 is 6.13. The van der Waals surface area contributed by atoms with Gasteiger partial charge in [-0.3, -0.25) is 14.5 Å². The number of rotatable bonds is 11. The standard InChI is InChI=1S/C35H44ClN5O2/c1-3-39(4-2)25-33(27-10-6-5-7-11-27)40-18-20-41(21-19-40)35(43)32(22-26-14-16-30(36)17-15-26)38-34(42)31-23-28-12-8-9-13-29(28)24-37-31/h5-17,31-33,37H,3-4,18-25H2,1-2H3,(H,38,42). The van der Waals surface area contributed by atoms with E-state index in [1.54, 1.807) is 0 Å². The minimum atomic E-state index is -0.653. The van der Waals surface area contributed by atoms with Crippen molar-refractivity contribution in [2.75, 3.05) is 45.8 Å². The molecule has 0 aromatic heterocycles. The van der Waals surface area contributed by atoms with E-state index in [1.165, 1.54) is 16.7 Å². The monoisotopic (exact) mass is 601 g/mol. The molecule has 0 bridgehead atoms. The third-order valence-electron chi connectivity index (χ3n) is 8.94. The number of halogens is 1. The Balaban J connectivity index is 1.27. The second-order valence-electron chi connectivity index (χ2n) is 11.6. The van der Waals surface area contributed by atoms with Crippen LogP contribution in [0.3, 0.4) is 0 Å². The number of likely N-dealkylation sites (N-methyl/N-ethyl adjacent to an activating group) is 1. The van der Waals surface area contributed by atoms with Crippen LogP contribution in [-0.2, 0) is 29.0 Å². The smallest absolute Gasteiger partial charge is 0.245 e. The van der Waals surface area contributed by atoms with Gasteiger partial charge in [0.1, 0.15) is 6.04 Å². The minimum Gasteiger partial charge on any atom is -0.343 e. The molecule has 7 nitrogen and oxygen atoms in total. The molecule has 8 heteroatoms. The number of nitrogens with one attached hydrogen (secondary N) is 2. The van der Waals surface area contributed by atoms with Crippen LogP contribution >= 0.6 is 11.6 Å². The van der Waals surface area contributed by atoms with E-state index in [4.69, 9.17) is 11.6 Å². The van der Waals surface area contributed by atoms with Crippen LogP contribution in [0.4, 0.5) is 0 Å². The number of hydrogen-bond acceptors (Lipinski definition) is 5. The van der Waals surface area contributed by atoms with Gasteiger partial charge in [0.25, 0.3) is 0 Å². The highest BCUT2D eigenvalue weighted by atomic mass is 35.5. The normalized spacial score (nSPS) is 18.6. The minimum absolute atomic E-state index is 0.0286. The summed E-state index contributed by atoms with van der Waals surface area (Å²) in [6.07, 6.45) is 1.02. The lowest BCUT2D eigenvalue weighted by atomic mass is 9.95. The van der Waals surface area contributed by atoms with Crippen molar-refractivity contribution in [1.82, 2.24) is 25.3 Å². The third kappa shape index (κ3) is 8.03. The molecule has 1 saturated heterocycles. The Labute approximate surface area is 261 Å². The van der Waals surface area contributed by atoms with Gasteiger partial charge in [-0.1, -0.05) is 92.2 Å². The van der Waals surface area contributed by atoms with Gasteiger partial charge in [0.15, 0.2) is 0 Å². The summed E-state index contributed by atoms with van der Waals surface area (Å²) in [6, 6.07) is 25.7. The third-order valence-corrected chi connectivity index (χ3v) is 9.19. The van der Waals surface area contributed by atoms with Crippen LogP contribution in [0.1, 0.15) is 42.1 Å². The van der Waals surface area contributed by atoms with Crippen molar-refractivity contribution >= 4 is 23.4 Å². The summed E-state index contributed by atoms with van der Waals surface area (Å²) in [7, 11) is 0. The van der Waals surface area contributed by atoms with E-state index in [0.29, 0.717) is 37.5 Å². The van der Waals surface area contributed by atoms with Crippen molar-refractivity contribution < 1.29 is 9.59 Å². The molecule has 0 aliphatic carbocycles. The zero-order chi connectivity index (χ0) is 30.2. The van der Waals surface area contributed by atoms with Gasteiger partial charge in [-0.25, -0.2) is 0 Å². The van der Waals surface area contributed by atoms with Crippen molar-refractivity contribution in [3.8, 4) is 0 Å². The molecule has 2 aliphatic rings. The van der Waals surface area contributed by atoms with Crippen molar-refractivity contribution in [1.29, 1.82) is 0 Å². The molecule has 228 valence electrons. The van der Waals surface area contributed by atoms with E-state index in [9.17, 15) is 9.59 Å². The van der Waals surface area contributed by atoms with E-state index < -0.39 is 6.04 Å². The van der Waals surface area contributed by atoms with E-state index in [1.807, 2.05) is 41.3 Å². The molecule has 5 rings (SSSR count). The second-order valence-corrected chi connectivity index (χ2v) is 12.0. The molecule has 3 unspecified atom stereocenters. The maximum Gasteiger partial charge on any atom is 0.245 e. The van der Waals surface area contributed by atoms with E-state index in [0.717, 1.165) is 38.3 Å². The second kappa shape index (κ2) is 15.0. The maximum atomic E-state index is 14.0. The number of amides is 2. The van der Waals surface area contributed by atoms with Crippen molar-refractivity contribution in [2.24, 2.45) is 0 Å². The zero-order valence-electron chi connectivity index (χ0n) is 25.3. The summed E-state index contributed by atoms with van der Waals surface area (Å²) < 4.78 is 0. The number of hydrogen-bond donors (Lipinski definition) is 2. The Kier molecular flexibility index (Phi) is 10.9. The predicted molar refractivity (Wildman–Crippen MR) is 173 cm³/mol. The van der Waals surface area contributed by atoms with Gasteiger partial charge in [-0.05, 0) is 53.9 Å². The van der Waals surface area contributed by atoms with Crippen LogP contribution < -0.4 is 10.6 Å². The molecule has 43 heavy (non-hydrogen) atoms. The molecule has 2 aliphatic heterocycles. The van der Waals surface area contributed by atoms with Gasteiger partial charge >= 0.3 is 0 Å². The van der Waals surface area contributed by atoms with Crippen molar-refractivity contribution in [2.45, 2.75) is 51.4 Å². The molecular weight excluding hydrogens is 558 g/mol. The topological polar surface area (TPSA) is 67.9 Å². The number of carbonyl (C=O) groups is 2. The van der Waals surface area contributed by atoms with Gasteiger partial charge in [0, 0.05) is 56.8 Å². The van der Waals surface area contributed by atoms with E-state index in [2.05, 4.69) is 76.7 Å². The predicted octanol–water partition coefficient (Wildman–Crippen LogP) is 4.31. The van der Waals surface area contributed by atoms with Crippen LogP contribution in [0.5, 0.6) is 0 Å². The number of benzene rings is 3. The van der Waals surface area contributed by atoms with Crippen LogP contribution in [0.25, 0.3) is 0 Å². The molecule has 2 amide bonds. The molecule has 1 fully saturated rings. The lowest BCUT2D eigenvalue weighted by Crippen LogP contribution is -2.58. The highest BCUT2D eigenvalue weighted by molar-refractivity contribution is 6.30. The molecule has 0 spiro atoms. The summed E-state index contributed by atoms with van der Waals surface area (Å²) in [5.41, 5.74) is 4.67. The Morgan fingerprint density at radius 1 is 0.907 bits per heavy atom. The molecule has 0 saturated carbocycles. The van der Waals surface area contributed by atoms with Crippen molar-refractivity contribution in [3.63, 3.8) is 0 Å². The van der Waals surface area contributed by atoms with Gasteiger partial charge in [-0.15, -0.1) is 0 Å². The largest absolute Gasteiger partial charge is 0.343 e. The van der Waals surface area contributed by atoms with Gasteiger partial charge in [-0.2, -0.15) is 0 Å². The average molecular weight is 602 g/mol. The van der Waals surface area contributed by atoms with Gasteiger partial charge in [0.05, 0.1) is 6.04 Å². The first-order valence-corrected chi connectivity index (χ1v) is 16.0. The summed E-state index contributed by atoms with van der Waals surface area (Å²) in [4.78, 5) is 34.5. The fourth-order valence-corrected chi connectivity index (χ4v) is 6.40. The van der Waals surface area contributed by atoms with Gasteiger partial charge in [0.2, 0.25) is 11.8 Å². The highest BCUT2D eigenvalue weighted by Crippen LogP contribution is 2.24. The molecule has 0 radical (unpaired) electrons. The molecule has 2 N–H and O–H groups in total. The summed E-state index contributed by atoms with van der Waals surface area (Å²) in [5.74, 6) is -0.164. The Hall–Kier alpha value is -3.23. The molecule has 2 heterocycles. The Morgan fingerprint density at radius 2 is 1.56 bits per heavy atom. The lowest BCUT2D eigenvalue weighted by molar-refractivity contribution is -0.138. The summed E-state index contributed by atoms with van der Waals surface area (Å²) in [6.45, 7) is 10.9. The first-order valence-electron chi connectivity index (χ1n) is 15.6. The molecule has 3 aromatic rings. The first-order chi connectivity index (χ1) is 20.9. The fourth-order valence-electron chi connectivity index (χ4n) is 6.28. The van der Waals surface area contributed by atoms with Crippen LogP contribution in [-0.4, -0.2) is 84.4 Å². The molecular formula is C35H44ClN5O2. The molecule has 3 aromatic carbocycles. The number of nitrogens with zero attached hydrogens (tertiary/aromatic N) is 3. The average Bonchev–Trinajstić information content (AvgIpc) is 3.06. The van der Waals surface area contributed by atoms with Crippen LogP contribution in [0.15, 0.2) is 78.9 Å². The fraction of sp³-hybridized carbons (Fsp3) is 0.429. The SMILES string of the molecule is CCN(CC)CC(c1ccccc1)N1CCN(C(=O)C(Cc2ccc(Cl)cc2)NC(=O)C2Cc3ccccc3CN2)CC1. The van der Waals surface area contributed by atoms with E-state index in [-0.39, 0.29) is 23.9 Å². The summed E-state index contributed by atoms with van der Waals surface area (Å²) in [5, 5.41) is 7.14. The maximum absolute atomic E-state index is 14.0. The van der Waals surface area contributed by atoms with Crippen LogP contribution in [0, 0.1) is 0 Å². The van der Waals surface area contributed by atoms with Crippen LogP contribution in [0.2, 0.25) is 5.02 Å². The quantitative estimate of drug-likeness (QED) is 0.343.